The molecule has 0 unspecified atom stereocenters. The molecular formula is C15H23NO3. The standard InChI is InChI=1S/C15H23NO3/c1-5-18-14(19-6-2)10-16-15(17)13-9-7-8-11(3)12(13)4/h7-9,14H,5-6,10H2,1-4H3,(H,16,17). The van der Waals surface area contributed by atoms with Crippen molar-refractivity contribution in [1.82, 2.24) is 5.32 Å². The Kier molecular flexibility index (Phi) is 6.53. The highest BCUT2D eigenvalue weighted by atomic mass is 16.7. The first-order valence-corrected chi connectivity index (χ1v) is 6.67. The van der Waals surface area contributed by atoms with Crippen LogP contribution in [0.25, 0.3) is 0 Å². The topological polar surface area (TPSA) is 47.6 Å². The summed E-state index contributed by atoms with van der Waals surface area (Å²) in [5, 5.41) is 2.85. The number of benzene rings is 1. The molecule has 0 aliphatic carbocycles. The molecule has 19 heavy (non-hydrogen) atoms. The minimum Gasteiger partial charge on any atom is -0.351 e. The van der Waals surface area contributed by atoms with E-state index >= 15 is 0 Å². The van der Waals surface area contributed by atoms with Gasteiger partial charge in [-0.05, 0) is 44.9 Å². The van der Waals surface area contributed by atoms with Crippen LogP contribution in [0.2, 0.25) is 0 Å². The van der Waals surface area contributed by atoms with Gasteiger partial charge >= 0.3 is 0 Å². The quantitative estimate of drug-likeness (QED) is 0.770. The maximum absolute atomic E-state index is 12.1. The van der Waals surface area contributed by atoms with Gasteiger partial charge in [-0.15, -0.1) is 0 Å². The van der Waals surface area contributed by atoms with Crippen molar-refractivity contribution in [2.45, 2.75) is 34.0 Å². The van der Waals surface area contributed by atoms with E-state index < -0.39 is 0 Å². The minimum atomic E-state index is -0.385. The number of aryl methyl sites for hydroxylation is 1. The van der Waals surface area contributed by atoms with Crippen LogP contribution in [0.15, 0.2) is 18.2 Å². The average Bonchev–Trinajstić information content (AvgIpc) is 2.39. The zero-order valence-electron chi connectivity index (χ0n) is 12.2. The third-order valence-corrected chi connectivity index (χ3v) is 2.98. The average molecular weight is 265 g/mol. The van der Waals surface area contributed by atoms with Crippen molar-refractivity contribution >= 4 is 5.91 Å². The van der Waals surface area contributed by atoms with E-state index in [2.05, 4.69) is 5.32 Å². The summed E-state index contributed by atoms with van der Waals surface area (Å²) < 4.78 is 10.8. The highest BCUT2D eigenvalue weighted by molar-refractivity contribution is 5.95. The molecule has 4 nitrogen and oxygen atoms in total. The maximum Gasteiger partial charge on any atom is 0.251 e. The van der Waals surface area contributed by atoms with Crippen molar-refractivity contribution in [3.63, 3.8) is 0 Å². The zero-order chi connectivity index (χ0) is 14.3. The number of carbonyl (C=O) groups excluding carboxylic acids is 1. The summed E-state index contributed by atoms with van der Waals surface area (Å²) in [4.78, 5) is 12.1. The van der Waals surface area contributed by atoms with Gasteiger partial charge in [-0.3, -0.25) is 4.79 Å². The van der Waals surface area contributed by atoms with Gasteiger partial charge in [0.1, 0.15) is 0 Å². The fraction of sp³-hybridized carbons (Fsp3) is 0.533. The SMILES string of the molecule is CCOC(CNC(=O)c1cccc(C)c1C)OCC. The van der Waals surface area contributed by atoms with Crippen LogP contribution in [-0.4, -0.2) is 32.0 Å². The molecule has 1 amide bonds. The smallest absolute Gasteiger partial charge is 0.251 e. The van der Waals surface area contributed by atoms with E-state index in [1.54, 1.807) is 0 Å². The summed E-state index contributed by atoms with van der Waals surface area (Å²) in [5.41, 5.74) is 2.81. The zero-order valence-corrected chi connectivity index (χ0v) is 12.2. The predicted molar refractivity (Wildman–Crippen MR) is 75.3 cm³/mol. The number of amides is 1. The fourth-order valence-electron chi connectivity index (χ4n) is 1.81. The van der Waals surface area contributed by atoms with Gasteiger partial charge in [-0.1, -0.05) is 12.1 Å². The second-order valence-corrected chi connectivity index (χ2v) is 4.30. The van der Waals surface area contributed by atoms with Gasteiger partial charge in [0.2, 0.25) is 0 Å². The van der Waals surface area contributed by atoms with E-state index in [9.17, 15) is 4.79 Å². The van der Waals surface area contributed by atoms with Gasteiger partial charge in [-0.25, -0.2) is 0 Å². The Hall–Kier alpha value is -1.39. The van der Waals surface area contributed by atoms with E-state index in [0.29, 0.717) is 25.3 Å². The second kappa shape index (κ2) is 7.92. The number of nitrogens with one attached hydrogen (secondary N) is 1. The first-order chi connectivity index (χ1) is 9.10. The van der Waals surface area contributed by atoms with Crippen molar-refractivity contribution in [3.8, 4) is 0 Å². The first kappa shape index (κ1) is 15.7. The summed E-state index contributed by atoms with van der Waals surface area (Å²) in [5.74, 6) is -0.0920. The van der Waals surface area contributed by atoms with E-state index in [4.69, 9.17) is 9.47 Å². The number of carbonyl (C=O) groups is 1. The normalized spacial score (nSPS) is 10.8. The predicted octanol–water partition coefficient (Wildman–Crippen LogP) is 2.43. The van der Waals surface area contributed by atoms with Crippen LogP contribution in [-0.2, 0) is 9.47 Å². The number of hydrogen-bond acceptors (Lipinski definition) is 3. The monoisotopic (exact) mass is 265 g/mol. The molecular weight excluding hydrogens is 242 g/mol. The Morgan fingerprint density at radius 1 is 1.21 bits per heavy atom. The molecule has 0 atom stereocenters. The minimum absolute atomic E-state index is 0.0920. The van der Waals surface area contributed by atoms with Crippen molar-refractivity contribution in [2.24, 2.45) is 0 Å². The Balaban J connectivity index is 2.61. The van der Waals surface area contributed by atoms with Gasteiger partial charge in [0.15, 0.2) is 6.29 Å². The lowest BCUT2D eigenvalue weighted by Gasteiger charge is -2.18. The molecule has 0 saturated heterocycles. The Labute approximate surface area is 115 Å². The molecule has 0 aliphatic heterocycles. The summed E-state index contributed by atoms with van der Waals surface area (Å²) in [6.45, 7) is 9.22. The molecule has 0 bridgehead atoms. The third kappa shape index (κ3) is 4.65. The number of rotatable bonds is 7. The molecule has 0 heterocycles. The summed E-state index contributed by atoms with van der Waals surface area (Å²) in [6, 6.07) is 5.71. The molecule has 1 aromatic carbocycles. The third-order valence-electron chi connectivity index (χ3n) is 2.98. The van der Waals surface area contributed by atoms with Gasteiger partial charge in [0.25, 0.3) is 5.91 Å². The lowest BCUT2D eigenvalue weighted by molar-refractivity contribution is -0.131. The number of hydrogen-bond donors (Lipinski definition) is 1. The highest BCUT2D eigenvalue weighted by Crippen LogP contribution is 2.12. The molecule has 106 valence electrons. The van der Waals surface area contributed by atoms with Crippen molar-refractivity contribution in [3.05, 3.63) is 34.9 Å². The molecule has 0 fully saturated rings. The maximum atomic E-state index is 12.1. The van der Waals surface area contributed by atoms with E-state index in [1.807, 2.05) is 45.9 Å². The highest BCUT2D eigenvalue weighted by Gasteiger charge is 2.13. The second-order valence-electron chi connectivity index (χ2n) is 4.30. The Morgan fingerprint density at radius 2 is 1.84 bits per heavy atom. The van der Waals surface area contributed by atoms with Crippen LogP contribution in [0.4, 0.5) is 0 Å². The molecule has 1 aromatic rings. The van der Waals surface area contributed by atoms with Crippen LogP contribution >= 0.6 is 0 Å². The molecule has 0 radical (unpaired) electrons. The lowest BCUT2D eigenvalue weighted by Crippen LogP contribution is -2.35. The molecule has 0 spiro atoms. The Morgan fingerprint density at radius 3 is 2.42 bits per heavy atom. The van der Waals surface area contributed by atoms with Crippen LogP contribution < -0.4 is 5.32 Å². The van der Waals surface area contributed by atoms with Gasteiger partial charge < -0.3 is 14.8 Å². The molecule has 0 saturated carbocycles. The van der Waals surface area contributed by atoms with Gasteiger partial charge in [-0.2, -0.15) is 0 Å². The van der Waals surface area contributed by atoms with Crippen LogP contribution in [0.1, 0.15) is 35.3 Å². The van der Waals surface area contributed by atoms with E-state index in [1.165, 1.54) is 0 Å². The largest absolute Gasteiger partial charge is 0.351 e. The molecule has 0 aromatic heterocycles. The summed E-state index contributed by atoms with van der Waals surface area (Å²) in [6.07, 6.45) is -0.385. The van der Waals surface area contributed by atoms with E-state index in [0.717, 1.165) is 11.1 Å². The van der Waals surface area contributed by atoms with Gasteiger partial charge in [0.05, 0.1) is 6.54 Å². The van der Waals surface area contributed by atoms with Gasteiger partial charge in [0, 0.05) is 18.8 Å². The van der Waals surface area contributed by atoms with Crippen molar-refractivity contribution in [1.29, 1.82) is 0 Å². The lowest BCUT2D eigenvalue weighted by atomic mass is 10.0. The first-order valence-electron chi connectivity index (χ1n) is 6.67. The van der Waals surface area contributed by atoms with Crippen LogP contribution in [0.3, 0.4) is 0 Å². The van der Waals surface area contributed by atoms with Crippen molar-refractivity contribution in [2.75, 3.05) is 19.8 Å². The molecule has 4 heteroatoms. The molecule has 0 aliphatic rings. The Bertz CT molecular complexity index is 412. The number of ether oxygens (including phenoxy) is 2. The molecule has 1 rings (SSSR count). The fourth-order valence-corrected chi connectivity index (χ4v) is 1.81. The molecule has 1 N–H and O–H groups in total. The van der Waals surface area contributed by atoms with E-state index in [-0.39, 0.29) is 12.2 Å². The van der Waals surface area contributed by atoms with Crippen LogP contribution in [0, 0.1) is 13.8 Å². The van der Waals surface area contributed by atoms with Crippen molar-refractivity contribution < 1.29 is 14.3 Å². The van der Waals surface area contributed by atoms with Crippen LogP contribution in [0.5, 0.6) is 0 Å². The summed E-state index contributed by atoms with van der Waals surface area (Å²) in [7, 11) is 0. The summed E-state index contributed by atoms with van der Waals surface area (Å²) >= 11 is 0.